The molecule has 0 aromatic heterocycles. The van der Waals surface area contributed by atoms with Gasteiger partial charge in [-0.3, -0.25) is 4.79 Å². The summed E-state index contributed by atoms with van der Waals surface area (Å²) in [5.74, 6) is -0.202. The molecule has 0 atom stereocenters. The summed E-state index contributed by atoms with van der Waals surface area (Å²) in [5.41, 5.74) is 3.82. The van der Waals surface area contributed by atoms with Crippen LogP contribution in [-0.2, 0) is 11.2 Å². The number of nitrogens with one attached hydrogen (secondary N) is 1. The van der Waals surface area contributed by atoms with Gasteiger partial charge < -0.3 is 5.11 Å². The highest BCUT2D eigenvalue weighted by Crippen LogP contribution is 2.27. The van der Waals surface area contributed by atoms with E-state index in [4.69, 9.17) is 11.6 Å². The number of amides is 1. The first-order valence-corrected chi connectivity index (χ1v) is 8.68. The molecule has 25 heavy (non-hydrogen) atoms. The Kier molecular flexibility index (Phi) is 5.36. The van der Waals surface area contributed by atoms with Crippen LogP contribution in [0.15, 0.2) is 64.2 Å². The molecule has 0 heterocycles. The Labute approximate surface area is 158 Å². The van der Waals surface area contributed by atoms with Crippen molar-refractivity contribution >= 4 is 50.4 Å². The fourth-order valence-corrected chi connectivity index (χ4v) is 3.15. The van der Waals surface area contributed by atoms with Crippen LogP contribution < -0.4 is 5.43 Å². The predicted octanol–water partition coefficient (Wildman–Crippen LogP) is 4.65. The molecule has 2 N–H and O–H groups in total. The van der Waals surface area contributed by atoms with Gasteiger partial charge >= 0.3 is 0 Å². The van der Waals surface area contributed by atoms with E-state index in [9.17, 15) is 9.90 Å². The second-order valence-electron chi connectivity index (χ2n) is 5.43. The number of aromatic hydroxyl groups is 1. The van der Waals surface area contributed by atoms with Gasteiger partial charge in [-0.15, -0.1) is 0 Å². The van der Waals surface area contributed by atoms with Crippen LogP contribution in [-0.4, -0.2) is 17.2 Å². The number of carbonyl (C=O) groups excluding carboxylic acids is 1. The number of hydrogen-bond acceptors (Lipinski definition) is 3. The summed E-state index contributed by atoms with van der Waals surface area (Å²) in [6.45, 7) is 0. The summed E-state index contributed by atoms with van der Waals surface area (Å²) in [6, 6.07) is 16.3. The van der Waals surface area contributed by atoms with E-state index in [2.05, 4.69) is 26.5 Å². The average molecular weight is 418 g/mol. The number of carbonyl (C=O) groups is 1. The minimum atomic E-state index is -0.245. The smallest absolute Gasteiger partial charge is 0.244 e. The first-order valence-electron chi connectivity index (χ1n) is 7.51. The van der Waals surface area contributed by atoms with E-state index in [1.165, 1.54) is 12.3 Å². The monoisotopic (exact) mass is 416 g/mol. The van der Waals surface area contributed by atoms with E-state index in [0.717, 1.165) is 20.8 Å². The molecule has 3 rings (SSSR count). The Bertz CT molecular complexity index is 973. The molecule has 0 aliphatic rings. The maximum absolute atomic E-state index is 12.2. The highest BCUT2D eigenvalue weighted by Gasteiger charge is 2.08. The maximum Gasteiger partial charge on any atom is 0.244 e. The van der Waals surface area contributed by atoms with E-state index in [0.29, 0.717) is 10.6 Å². The number of fused-ring (bicyclic) bond motifs is 1. The Morgan fingerprint density at radius 1 is 1.16 bits per heavy atom. The topological polar surface area (TPSA) is 61.7 Å². The van der Waals surface area contributed by atoms with E-state index >= 15 is 0 Å². The lowest BCUT2D eigenvalue weighted by molar-refractivity contribution is -0.120. The fourth-order valence-electron chi connectivity index (χ4n) is 2.49. The zero-order valence-electron chi connectivity index (χ0n) is 13.0. The van der Waals surface area contributed by atoms with E-state index in [1.54, 1.807) is 12.1 Å². The van der Waals surface area contributed by atoms with Gasteiger partial charge in [-0.05, 0) is 40.6 Å². The molecule has 0 aliphatic heterocycles. The second kappa shape index (κ2) is 7.68. The molecular formula is C19H14BrClN2O2. The van der Waals surface area contributed by atoms with Crippen LogP contribution in [0.1, 0.15) is 11.1 Å². The highest BCUT2D eigenvalue weighted by atomic mass is 79.9. The van der Waals surface area contributed by atoms with Crippen molar-refractivity contribution in [2.45, 2.75) is 6.42 Å². The Balaban J connectivity index is 1.72. The number of halogens is 2. The van der Waals surface area contributed by atoms with E-state index < -0.39 is 0 Å². The number of hydrazone groups is 1. The Morgan fingerprint density at radius 2 is 1.92 bits per heavy atom. The number of benzene rings is 3. The summed E-state index contributed by atoms with van der Waals surface area (Å²) >= 11 is 9.39. The van der Waals surface area contributed by atoms with Crippen molar-refractivity contribution in [3.63, 3.8) is 0 Å². The third kappa shape index (κ3) is 4.18. The van der Waals surface area contributed by atoms with Gasteiger partial charge in [0.1, 0.15) is 5.75 Å². The van der Waals surface area contributed by atoms with Crippen molar-refractivity contribution in [1.82, 2.24) is 5.43 Å². The number of phenols is 1. The molecule has 0 spiro atoms. The number of nitrogens with zero attached hydrogens (tertiary/aromatic N) is 1. The molecule has 0 bridgehead atoms. The summed E-state index contributed by atoms with van der Waals surface area (Å²) in [5, 5.41) is 16.1. The minimum Gasteiger partial charge on any atom is -0.507 e. The van der Waals surface area contributed by atoms with Crippen LogP contribution in [0.25, 0.3) is 10.8 Å². The molecule has 0 saturated heterocycles. The number of phenolic OH excluding ortho intramolecular Hbond substituents is 1. The molecule has 0 radical (unpaired) electrons. The lowest BCUT2D eigenvalue weighted by atomic mass is 10.0. The van der Waals surface area contributed by atoms with Crippen molar-refractivity contribution < 1.29 is 9.90 Å². The quantitative estimate of drug-likeness (QED) is 0.479. The van der Waals surface area contributed by atoms with Gasteiger partial charge in [0.2, 0.25) is 5.91 Å². The van der Waals surface area contributed by atoms with Gasteiger partial charge in [0.05, 0.1) is 12.6 Å². The standard InChI is InChI=1S/C19H14BrClN2O2/c20-17-7-5-12(15-3-1-2-4-16(15)17)10-19(25)23-22-11-13-9-14(21)6-8-18(13)24/h1-9,11,24H,10H2,(H,23,25)/b22-11+. The summed E-state index contributed by atoms with van der Waals surface area (Å²) in [4.78, 5) is 12.2. The number of rotatable bonds is 4. The molecule has 1 amide bonds. The molecule has 6 heteroatoms. The van der Waals surface area contributed by atoms with Gasteiger partial charge in [0, 0.05) is 15.1 Å². The largest absolute Gasteiger partial charge is 0.507 e. The van der Waals surface area contributed by atoms with Crippen molar-refractivity contribution in [2.24, 2.45) is 5.10 Å². The molecular weight excluding hydrogens is 404 g/mol. The van der Waals surface area contributed by atoms with Gasteiger partial charge in [0.25, 0.3) is 0 Å². The van der Waals surface area contributed by atoms with Gasteiger partial charge in [-0.2, -0.15) is 5.10 Å². The maximum atomic E-state index is 12.2. The summed E-state index contributed by atoms with van der Waals surface area (Å²) < 4.78 is 0.988. The van der Waals surface area contributed by atoms with Crippen molar-refractivity contribution in [3.05, 3.63) is 75.2 Å². The van der Waals surface area contributed by atoms with E-state index in [1.807, 2.05) is 36.4 Å². The lowest BCUT2D eigenvalue weighted by Crippen LogP contribution is -2.19. The Hall–Kier alpha value is -2.37. The normalized spacial score (nSPS) is 11.1. The van der Waals surface area contributed by atoms with Crippen LogP contribution in [0.4, 0.5) is 0 Å². The molecule has 3 aromatic carbocycles. The summed E-state index contributed by atoms with van der Waals surface area (Å²) in [7, 11) is 0. The molecule has 0 saturated carbocycles. The van der Waals surface area contributed by atoms with Crippen molar-refractivity contribution in [1.29, 1.82) is 0 Å². The third-order valence-corrected chi connectivity index (χ3v) is 4.62. The SMILES string of the molecule is O=C(Cc1ccc(Br)c2ccccc12)N/N=C/c1cc(Cl)ccc1O. The minimum absolute atomic E-state index is 0.0429. The Morgan fingerprint density at radius 3 is 2.72 bits per heavy atom. The van der Waals surface area contributed by atoms with Gasteiger partial charge in [0.15, 0.2) is 0 Å². The third-order valence-electron chi connectivity index (χ3n) is 3.69. The zero-order chi connectivity index (χ0) is 17.8. The van der Waals surface area contributed by atoms with Crippen LogP contribution >= 0.6 is 27.5 Å². The first kappa shape index (κ1) is 17.5. The average Bonchev–Trinajstić information content (AvgIpc) is 2.61. The molecule has 0 unspecified atom stereocenters. The van der Waals surface area contributed by atoms with Crippen LogP contribution in [0.2, 0.25) is 5.02 Å². The van der Waals surface area contributed by atoms with Crippen LogP contribution in [0, 0.1) is 0 Å². The zero-order valence-corrected chi connectivity index (χ0v) is 15.4. The first-order chi connectivity index (χ1) is 12.0. The lowest BCUT2D eigenvalue weighted by Gasteiger charge is -2.07. The fraction of sp³-hybridized carbons (Fsp3) is 0.0526. The van der Waals surface area contributed by atoms with Gasteiger partial charge in [-0.25, -0.2) is 5.43 Å². The van der Waals surface area contributed by atoms with Crippen LogP contribution in [0.3, 0.4) is 0 Å². The van der Waals surface area contributed by atoms with E-state index in [-0.39, 0.29) is 18.1 Å². The second-order valence-corrected chi connectivity index (χ2v) is 6.72. The predicted molar refractivity (Wildman–Crippen MR) is 104 cm³/mol. The number of hydrogen-bond donors (Lipinski definition) is 2. The summed E-state index contributed by atoms with van der Waals surface area (Å²) in [6.07, 6.45) is 1.56. The molecule has 4 nitrogen and oxygen atoms in total. The van der Waals surface area contributed by atoms with Crippen molar-refractivity contribution in [3.8, 4) is 5.75 Å². The highest BCUT2D eigenvalue weighted by molar-refractivity contribution is 9.10. The van der Waals surface area contributed by atoms with Crippen LogP contribution in [0.5, 0.6) is 5.75 Å². The molecule has 126 valence electrons. The van der Waals surface area contributed by atoms with Crippen molar-refractivity contribution in [2.75, 3.05) is 0 Å². The molecule has 0 fully saturated rings. The van der Waals surface area contributed by atoms with Gasteiger partial charge in [-0.1, -0.05) is 57.9 Å². The molecule has 0 aliphatic carbocycles. The molecule has 3 aromatic rings.